The number of fused-ring (bicyclic) bond motifs is 1. The number of amides is 1. The molecule has 2 aliphatic rings. The van der Waals surface area contributed by atoms with Crippen molar-refractivity contribution in [1.29, 1.82) is 0 Å². The fourth-order valence-corrected chi connectivity index (χ4v) is 4.99. The second-order valence-electron chi connectivity index (χ2n) is 6.87. The van der Waals surface area contributed by atoms with E-state index in [0.29, 0.717) is 25.3 Å². The number of rotatable bonds is 4. The van der Waals surface area contributed by atoms with Gasteiger partial charge in [-0.3, -0.25) is 14.5 Å². The van der Waals surface area contributed by atoms with Crippen molar-refractivity contribution in [3.63, 3.8) is 0 Å². The van der Waals surface area contributed by atoms with Crippen molar-refractivity contribution in [3.05, 3.63) is 43.8 Å². The number of carbonyl (C=O) groups excluding carboxylic acids is 1. The number of hydrogen-bond acceptors (Lipinski definition) is 7. The first-order valence-corrected chi connectivity index (χ1v) is 11.2. The Bertz CT molecular complexity index is 886. The van der Waals surface area contributed by atoms with Crippen LogP contribution in [0.2, 0.25) is 0 Å². The number of carbonyl (C=O) groups is 1. The summed E-state index contributed by atoms with van der Waals surface area (Å²) in [4.78, 5) is 33.2. The number of nitrogens with zero attached hydrogens (tertiary/aromatic N) is 5. The highest BCUT2D eigenvalue weighted by Gasteiger charge is 2.23. The van der Waals surface area contributed by atoms with Crippen molar-refractivity contribution < 1.29 is 4.79 Å². The highest BCUT2D eigenvalue weighted by atomic mass is 32.2. The van der Waals surface area contributed by atoms with E-state index in [-0.39, 0.29) is 11.5 Å². The van der Waals surface area contributed by atoms with Gasteiger partial charge in [0.25, 0.3) is 11.5 Å². The smallest absolute Gasteiger partial charge is 0.273 e. The number of thioether (sulfide) groups is 1. The zero-order chi connectivity index (χ0) is 18.8. The second kappa shape index (κ2) is 8.12. The van der Waals surface area contributed by atoms with E-state index in [4.69, 9.17) is 0 Å². The molecule has 0 N–H and O–H groups in total. The van der Waals surface area contributed by atoms with E-state index < -0.39 is 0 Å². The number of aryl methyl sites for hydroxylation is 2. The van der Waals surface area contributed by atoms with E-state index in [1.54, 1.807) is 10.7 Å². The number of aromatic nitrogens is 3. The largest absolute Gasteiger partial charge is 0.335 e. The van der Waals surface area contributed by atoms with Gasteiger partial charge in [-0.15, -0.1) is 11.3 Å². The first-order valence-electron chi connectivity index (χ1n) is 9.21. The molecule has 9 heteroatoms. The topological polar surface area (TPSA) is 71.3 Å². The number of piperazine rings is 1. The summed E-state index contributed by atoms with van der Waals surface area (Å²) in [5.41, 5.74) is 2.71. The normalized spacial score (nSPS) is 17.7. The Balaban J connectivity index is 1.31. The van der Waals surface area contributed by atoms with Gasteiger partial charge < -0.3 is 4.90 Å². The molecule has 0 spiro atoms. The Morgan fingerprint density at radius 1 is 1.22 bits per heavy atom. The van der Waals surface area contributed by atoms with Crippen molar-refractivity contribution in [1.82, 2.24) is 24.6 Å². The number of thiazole rings is 1. The third kappa shape index (κ3) is 4.25. The first kappa shape index (κ1) is 18.6. The second-order valence-corrected chi connectivity index (χ2v) is 9.03. The third-order valence-corrected chi connectivity index (χ3v) is 6.81. The quantitative estimate of drug-likeness (QED) is 0.763. The zero-order valence-electron chi connectivity index (χ0n) is 15.4. The molecule has 0 atom stereocenters. The van der Waals surface area contributed by atoms with E-state index in [1.807, 2.05) is 29.0 Å². The Morgan fingerprint density at radius 2 is 2.04 bits per heavy atom. The average Bonchev–Trinajstić information content (AvgIpc) is 3.12. The molecule has 0 radical (unpaired) electrons. The molecule has 1 fully saturated rings. The van der Waals surface area contributed by atoms with Gasteiger partial charge in [0.15, 0.2) is 0 Å². The summed E-state index contributed by atoms with van der Waals surface area (Å²) >= 11 is 3.36. The van der Waals surface area contributed by atoms with Crippen LogP contribution in [0.5, 0.6) is 0 Å². The van der Waals surface area contributed by atoms with Crippen LogP contribution in [0.1, 0.15) is 26.8 Å². The predicted octanol–water partition coefficient (Wildman–Crippen LogP) is 1.26. The standard InChI is InChI=1S/C18H23N5O2S2/c1-13-19-16(12-27-13)18(25)22-6-3-21(4-7-22)5-8-23-17(24)10-14-11-26-9-2-15(14)20-23/h10,12H,2-9,11H2,1H3. The molecular formula is C18H23N5O2S2. The highest BCUT2D eigenvalue weighted by Crippen LogP contribution is 2.21. The fraction of sp³-hybridized carbons (Fsp3) is 0.556. The van der Waals surface area contributed by atoms with Crippen LogP contribution in [0, 0.1) is 6.92 Å². The van der Waals surface area contributed by atoms with Crippen LogP contribution in [0.25, 0.3) is 0 Å². The van der Waals surface area contributed by atoms with E-state index >= 15 is 0 Å². The molecule has 2 aromatic rings. The SMILES string of the molecule is Cc1nc(C(=O)N2CCN(CCn3nc4c(cc3=O)CSCC4)CC2)cs1. The summed E-state index contributed by atoms with van der Waals surface area (Å²) < 4.78 is 1.60. The van der Waals surface area contributed by atoms with Crippen molar-refractivity contribution in [2.45, 2.75) is 25.6 Å². The zero-order valence-corrected chi connectivity index (χ0v) is 17.0. The minimum atomic E-state index is -0.0102. The lowest BCUT2D eigenvalue weighted by Crippen LogP contribution is -2.49. The lowest BCUT2D eigenvalue weighted by molar-refractivity contribution is 0.0626. The van der Waals surface area contributed by atoms with Crippen LogP contribution in [0.4, 0.5) is 0 Å². The minimum Gasteiger partial charge on any atom is -0.335 e. The number of hydrogen-bond donors (Lipinski definition) is 0. The van der Waals surface area contributed by atoms with Gasteiger partial charge in [-0.2, -0.15) is 16.9 Å². The average molecular weight is 406 g/mol. The molecule has 27 heavy (non-hydrogen) atoms. The van der Waals surface area contributed by atoms with Crippen molar-refractivity contribution >= 4 is 29.0 Å². The molecule has 144 valence electrons. The van der Waals surface area contributed by atoms with Crippen molar-refractivity contribution in [2.75, 3.05) is 38.5 Å². The Labute approximate surface area is 166 Å². The van der Waals surface area contributed by atoms with Crippen LogP contribution in [-0.2, 0) is 18.7 Å². The Hall–Kier alpha value is -1.71. The summed E-state index contributed by atoms with van der Waals surface area (Å²) in [7, 11) is 0. The van der Waals surface area contributed by atoms with Gasteiger partial charge in [0.2, 0.25) is 0 Å². The van der Waals surface area contributed by atoms with Crippen LogP contribution in [0.15, 0.2) is 16.2 Å². The van der Waals surface area contributed by atoms with Crippen molar-refractivity contribution in [3.8, 4) is 0 Å². The molecule has 0 saturated carbocycles. The molecule has 4 heterocycles. The van der Waals surface area contributed by atoms with Gasteiger partial charge >= 0.3 is 0 Å². The monoisotopic (exact) mass is 405 g/mol. The molecular weight excluding hydrogens is 382 g/mol. The molecule has 0 aliphatic carbocycles. The minimum absolute atomic E-state index is 0.0102. The van der Waals surface area contributed by atoms with Crippen LogP contribution < -0.4 is 5.56 Å². The van der Waals surface area contributed by atoms with E-state index in [9.17, 15) is 9.59 Å². The van der Waals surface area contributed by atoms with Crippen LogP contribution >= 0.6 is 23.1 Å². The van der Waals surface area contributed by atoms with Gasteiger partial charge in [0.05, 0.1) is 17.2 Å². The molecule has 0 bridgehead atoms. The maximum Gasteiger partial charge on any atom is 0.273 e. The van der Waals surface area contributed by atoms with Crippen LogP contribution in [-0.4, -0.2) is 68.9 Å². The summed E-state index contributed by atoms with van der Waals surface area (Å²) in [6, 6.07) is 1.75. The van der Waals surface area contributed by atoms with Gasteiger partial charge in [-0.25, -0.2) is 9.67 Å². The lowest BCUT2D eigenvalue weighted by Gasteiger charge is -2.34. The van der Waals surface area contributed by atoms with Gasteiger partial charge in [0.1, 0.15) is 5.69 Å². The molecule has 0 aromatic carbocycles. The maximum absolute atomic E-state index is 12.5. The summed E-state index contributed by atoms with van der Waals surface area (Å²) in [5, 5.41) is 7.32. The highest BCUT2D eigenvalue weighted by molar-refractivity contribution is 7.98. The molecule has 2 aromatic heterocycles. The lowest BCUT2D eigenvalue weighted by atomic mass is 10.2. The predicted molar refractivity (Wildman–Crippen MR) is 108 cm³/mol. The summed E-state index contributed by atoms with van der Waals surface area (Å²) in [5.74, 6) is 1.99. The van der Waals surface area contributed by atoms with Gasteiger partial charge in [-0.05, 0) is 18.2 Å². The van der Waals surface area contributed by atoms with E-state index in [2.05, 4.69) is 15.0 Å². The Kier molecular flexibility index (Phi) is 5.60. The van der Waals surface area contributed by atoms with E-state index in [1.165, 1.54) is 11.3 Å². The first-order chi connectivity index (χ1) is 13.1. The maximum atomic E-state index is 12.5. The Morgan fingerprint density at radius 3 is 2.78 bits per heavy atom. The summed E-state index contributed by atoms with van der Waals surface area (Å²) in [6.45, 7) is 6.29. The van der Waals surface area contributed by atoms with Gasteiger partial charge in [0, 0.05) is 56.3 Å². The molecule has 2 aliphatic heterocycles. The van der Waals surface area contributed by atoms with Gasteiger partial charge in [-0.1, -0.05) is 0 Å². The molecule has 4 rings (SSSR count). The molecule has 0 unspecified atom stereocenters. The molecule has 7 nitrogen and oxygen atoms in total. The van der Waals surface area contributed by atoms with Crippen molar-refractivity contribution in [2.24, 2.45) is 0 Å². The van der Waals surface area contributed by atoms with Crippen LogP contribution in [0.3, 0.4) is 0 Å². The summed E-state index contributed by atoms with van der Waals surface area (Å²) in [6.07, 6.45) is 0.942. The van der Waals surface area contributed by atoms with E-state index in [0.717, 1.165) is 53.8 Å². The third-order valence-electron chi connectivity index (χ3n) is 5.03. The molecule has 1 amide bonds. The molecule has 1 saturated heterocycles. The fourth-order valence-electron chi connectivity index (χ4n) is 3.45.